The maximum absolute atomic E-state index is 12.3. The number of esters is 1. The normalized spacial score (nSPS) is 20.5. The summed E-state index contributed by atoms with van der Waals surface area (Å²) in [6.45, 7) is 1.27. The first-order valence-corrected chi connectivity index (χ1v) is 8.59. The molecule has 2 unspecified atom stereocenters. The molecule has 0 saturated carbocycles. The number of hydrogen-bond acceptors (Lipinski definition) is 4. The van der Waals surface area contributed by atoms with E-state index in [-0.39, 0.29) is 17.9 Å². The Labute approximate surface area is 142 Å². The highest BCUT2D eigenvalue weighted by atomic mass is 16.5. The predicted octanol–water partition coefficient (Wildman–Crippen LogP) is 2.42. The summed E-state index contributed by atoms with van der Waals surface area (Å²) < 4.78 is 5.61. The molecule has 1 aliphatic carbocycles. The van der Waals surface area contributed by atoms with E-state index in [1.54, 1.807) is 0 Å². The van der Waals surface area contributed by atoms with Crippen LogP contribution in [0.15, 0.2) is 48.5 Å². The Hall–Kier alpha value is -2.17. The van der Waals surface area contributed by atoms with Gasteiger partial charge in [0.15, 0.2) is 0 Å². The summed E-state index contributed by atoms with van der Waals surface area (Å²) in [5.41, 5.74) is 11.0. The molecule has 1 heterocycles. The summed E-state index contributed by atoms with van der Waals surface area (Å²) in [6.07, 6.45) is 2.00. The smallest absolute Gasteiger partial charge is 0.324 e. The van der Waals surface area contributed by atoms with Crippen molar-refractivity contribution in [1.29, 1.82) is 0 Å². The first-order valence-electron chi connectivity index (χ1n) is 8.59. The van der Waals surface area contributed by atoms with Gasteiger partial charge in [-0.15, -0.1) is 0 Å². The van der Waals surface area contributed by atoms with E-state index in [9.17, 15) is 4.79 Å². The second-order valence-corrected chi connectivity index (χ2v) is 6.59. The lowest BCUT2D eigenvalue weighted by Gasteiger charge is -2.20. The maximum Gasteiger partial charge on any atom is 0.324 e. The molecule has 4 rings (SSSR count). The first-order chi connectivity index (χ1) is 11.8. The van der Waals surface area contributed by atoms with Crippen LogP contribution < -0.4 is 11.1 Å². The van der Waals surface area contributed by atoms with Gasteiger partial charge in [-0.2, -0.15) is 0 Å². The molecule has 1 fully saturated rings. The molecule has 2 aromatic carbocycles. The Bertz CT molecular complexity index is 707. The highest BCUT2D eigenvalue weighted by Gasteiger charge is 2.32. The Morgan fingerprint density at radius 1 is 1.12 bits per heavy atom. The van der Waals surface area contributed by atoms with Crippen molar-refractivity contribution in [1.82, 2.24) is 5.32 Å². The molecule has 3 N–H and O–H groups in total. The molecule has 124 valence electrons. The van der Waals surface area contributed by atoms with Gasteiger partial charge < -0.3 is 15.8 Å². The number of rotatable bonds is 4. The predicted molar refractivity (Wildman–Crippen MR) is 93.7 cm³/mol. The third kappa shape index (κ3) is 2.62. The van der Waals surface area contributed by atoms with Crippen molar-refractivity contribution in [3.63, 3.8) is 0 Å². The molecule has 4 nitrogen and oxygen atoms in total. The molecule has 24 heavy (non-hydrogen) atoms. The van der Waals surface area contributed by atoms with E-state index in [1.807, 2.05) is 24.3 Å². The fourth-order valence-electron chi connectivity index (χ4n) is 3.88. The van der Waals surface area contributed by atoms with Gasteiger partial charge in [0, 0.05) is 12.0 Å². The van der Waals surface area contributed by atoms with Crippen molar-refractivity contribution in [2.45, 2.75) is 30.8 Å². The van der Waals surface area contributed by atoms with Crippen molar-refractivity contribution in [3.8, 4) is 11.1 Å². The maximum atomic E-state index is 12.3. The fraction of sp³-hybridized carbons (Fsp3) is 0.350. The standard InChI is InChI=1S/C20H22N2O2/c21-19(18-10-5-11-22-18)20(23)24-12-17-15-8-3-1-6-13(15)14-7-2-4-9-16(14)17/h1-4,6-9,17-19,22H,5,10-12,21H2. The number of ether oxygens (including phenoxy) is 1. The van der Waals surface area contributed by atoms with Crippen molar-refractivity contribution in [2.75, 3.05) is 13.2 Å². The Kier molecular flexibility index (Phi) is 4.08. The summed E-state index contributed by atoms with van der Waals surface area (Å²) in [5, 5.41) is 3.27. The highest BCUT2D eigenvalue weighted by molar-refractivity contribution is 5.80. The van der Waals surface area contributed by atoms with Gasteiger partial charge in [0.1, 0.15) is 12.6 Å². The zero-order valence-electron chi connectivity index (χ0n) is 13.6. The minimum Gasteiger partial charge on any atom is -0.463 e. The van der Waals surface area contributed by atoms with Gasteiger partial charge in [0.25, 0.3) is 0 Å². The van der Waals surface area contributed by atoms with E-state index >= 15 is 0 Å². The zero-order chi connectivity index (χ0) is 16.5. The quantitative estimate of drug-likeness (QED) is 0.849. The molecule has 4 heteroatoms. The summed E-state index contributed by atoms with van der Waals surface area (Å²) in [4.78, 5) is 12.3. The van der Waals surface area contributed by atoms with Crippen molar-refractivity contribution < 1.29 is 9.53 Å². The van der Waals surface area contributed by atoms with E-state index in [0.717, 1.165) is 19.4 Å². The minimum absolute atomic E-state index is 0.0423. The summed E-state index contributed by atoms with van der Waals surface area (Å²) >= 11 is 0. The van der Waals surface area contributed by atoms with E-state index in [1.165, 1.54) is 22.3 Å². The lowest BCUT2D eigenvalue weighted by molar-refractivity contribution is -0.146. The average molecular weight is 322 g/mol. The van der Waals surface area contributed by atoms with Crippen LogP contribution in [0.4, 0.5) is 0 Å². The minimum atomic E-state index is -0.584. The number of nitrogens with one attached hydrogen (secondary N) is 1. The number of hydrogen-bond donors (Lipinski definition) is 2. The molecule has 2 atom stereocenters. The third-order valence-corrected chi connectivity index (χ3v) is 5.16. The van der Waals surface area contributed by atoms with Crippen LogP contribution in [0.3, 0.4) is 0 Å². The average Bonchev–Trinajstić information content (AvgIpc) is 3.26. The largest absolute Gasteiger partial charge is 0.463 e. The second kappa shape index (κ2) is 6.38. The summed E-state index contributed by atoms with van der Waals surface area (Å²) in [7, 11) is 0. The monoisotopic (exact) mass is 322 g/mol. The van der Waals surface area contributed by atoms with Crippen LogP contribution in [0.5, 0.6) is 0 Å². The molecular weight excluding hydrogens is 300 g/mol. The van der Waals surface area contributed by atoms with Crippen LogP contribution in [0.1, 0.15) is 29.9 Å². The molecule has 0 aromatic heterocycles. The van der Waals surface area contributed by atoms with Crippen LogP contribution >= 0.6 is 0 Å². The molecule has 1 aliphatic heterocycles. The van der Waals surface area contributed by atoms with E-state index in [0.29, 0.717) is 6.61 Å². The lowest BCUT2D eigenvalue weighted by Crippen LogP contribution is -2.47. The van der Waals surface area contributed by atoms with Gasteiger partial charge in [0.2, 0.25) is 0 Å². The molecular formula is C20H22N2O2. The van der Waals surface area contributed by atoms with Gasteiger partial charge in [-0.25, -0.2) is 0 Å². The Morgan fingerprint density at radius 3 is 2.33 bits per heavy atom. The van der Waals surface area contributed by atoms with Crippen molar-refractivity contribution in [3.05, 3.63) is 59.7 Å². The molecule has 2 aromatic rings. The SMILES string of the molecule is NC(C(=O)OCC1c2ccccc2-c2ccccc21)C1CCCN1. The van der Waals surface area contributed by atoms with Crippen LogP contribution in [0.25, 0.3) is 11.1 Å². The number of fused-ring (bicyclic) bond motifs is 3. The van der Waals surface area contributed by atoms with Gasteiger partial charge in [-0.3, -0.25) is 4.79 Å². The van der Waals surface area contributed by atoms with Gasteiger partial charge >= 0.3 is 5.97 Å². The Balaban J connectivity index is 1.51. The summed E-state index contributed by atoms with van der Waals surface area (Å²) in [5.74, 6) is -0.221. The van der Waals surface area contributed by atoms with Crippen LogP contribution in [0, 0.1) is 0 Å². The van der Waals surface area contributed by atoms with Crippen LogP contribution in [0.2, 0.25) is 0 Å². The fourth-order valence-corrected chi connectivity index (χ4v) is 3.88. The van der Waals surface area contributed by atoms with Crippen LogP contribution in [-0.4, -0.2) is 31.2 Å². The Morgan fingerprint density at radius 2 is 1.75 bits per heavy atom. The number of carbonyl (C=O) groups is 1. The van der Waals surface area contributed by atoms with E-state index < -0.39 is 6.04 Å². The second-order valence-electron chi connectivity index (χ2n) is 6.59. The highest BCUT2D eigenvalue weighted by Crippen LogP contribution is 2.44. The van der Waals surface area contributed by atoms with Gasteiger partial charge in [-0.1, -0.05) is 48.5 Å². The summed E-state index contributed by atoms with van der Waals surface area (Å²) in [6, 6.07) is 16.1. The van der Waals surface area contributed by atoms with E-state index in [4.69, 9.17) is 10.5 Å². The van der Waals surface area contributed by atoms with Gasteiger partial charge in [0.05, 0.1) is 0 Å². The molecule has 0 amide bonds. The van der Waals surface area contributed by atoms with Gasteiger partial charge in [-0.05, 0) is 41.6 Å². The number of benzene rings is 2. The number of carbonyl (C=O) groups excluding carboxylic acids is 1. The van der Waals surface area contributed by atoms with E-state index in [2.05, 4.69) is 29.6 Å². The first kappa shape index (κ1) is 15.4. The topological polar surface area (TPSA) is 64.4 Å². The van der Waals surface area contributed by atoms with Crippen molar-refractivity contribution >= 4 is 5.97 Å². The molecule has 0 bridgehead atoms. The molecule has 0 radical (unpaired) electrons. The molecule has 0 spiro atoms. The zero-order valence-corrected chi connectivity index (χ0v) is 13.6. The van der Waals surface area contributed by atoms with Crippen molar-refractivity contribution in [2.24, 2.45) is 5.73 Å². The number of nitrogens with two attached hydrogens (primary N) is 1. The molecule has 2 aliphatic rings. The lowest BCUT2D eigenvalue weighted by atomic mass is 9.98. The molecule has 1 saturated heterocycles. The van der Waals surface area contributed by atoms with Crippen LogP contribution in [-0.2, 0) is 9.53 Å². The third-order valence-electron chi connectivity index (χ3n) is 5.16.